The van der Waals surface area contributed by atoms with Gasteiger partial charge in [0.25, 0.3) is 0 Å². The molecule has 0 saturated carbocycles. The van der Waals surface area contributed by atoms with E-state index >= 15 is 0 Å². The highest BCUT2D eigenvalue weighted by molar-refractivity contribution is 7.09. The largest absolute Gasteiger partial charge is 0.299 e. The molecule has 0 aliphatic heterocycles. The van der Waals surface area contributed by atoms with Gasteiger partial charge in [-0.25, -0.2) is 4.98 Å². The lowest BCUT2D eigenvalue weighted by Crippen LogP contribution is -2.36. The van der Waals surface area contributed by atoms with Crippen molar-refractivity contribution >= 4 is 11.3 Å². The summed E-state index contributed by atoms with van der Waals surface area (Å²) in [5.41, 5.74) is 0.730. The van der Waals surface area contributed by atoms with Crippen LogP contribution in [0.25, 0.3) is 5.69 Å². The topological polar surface area (TPSA) is 68.5 Å². The van der Waals surface area contributed by atoms with E-state index in [9.17, 15) is 0 Å². The minimum absolute atomic E-state index is 0.221. The summed E-state index contributed by atoms with van der Waals surface area (Å²) in [7, 11) is 0. The SMILES string of the molecule is CC(C)(NCc1nnnn1-c1ccccc1)c1nccs1. The Hall–Kier alpha value is -2.12. The smallest absolute Gasteiger partial charge is 0.170 e. The molecule has 1 N–H and O–H groups in total. The first-order valence-electron chi connectivity index (χ1n) is 6.64. The molecule has 3 aromatic rings. The summed E-state index contributed by atoms with van der Waals surface area (Å²) in [6.45, 7) is 4.76. The number of aromatic nitrogens is 5. The number of rotatable bonds is 5. The Labute approximate surface area is 126 Å². The van der Waals surface area contributed by atoms with E-state index in [-0.39, 0.29) is 5.54 Å². The summed E-state index contributed by atoms with van der Waals surface area (Å²) in [5.74, 6) is 0.769. The zero-order valence-electron chi connectivity index (χ0n) is 11.9. The number of hydrogen-bond acceptors (Lipinski definition) is 6. The van der Waals surface area contributed by atoms with Crippen molar-refractivity contribution in [1.29, 1.82) is 0 Å². The molecule has 0 spiro atoms. The second-order valence-electron chi connectivity index (χ2n) is 5.16. The standard InChI is InChI=1S/C14H16N6S/c1-14(2,13-15-8-9-21-13)16-10-12-17-18-19-20(12)11-6-4-3-5-7-11/h3-9,16H,10H2,1-2H3. The number of para-hydroxylation sites is 1. The zero-order valence-corrected chi connectivity index (χ0v) is 12.7. The number of thiazole rings is 1. The zero-order chi connectivity index (χ0) is 14.7. The number of nitrogens with zero attached hydrogens (tertiary/aromatic N) is 5. The Balaban J connectivity index is 1.77. The molecule has 3 rings (SSSR count). The van der Waals surface area contributed by atoms with Gasteiger partial charge < -0.3 is 0 Å². The van der Waals surface area contributed by atoms with Crippen molar-refractivity contribution < 1.29 is 0 Å². The molecule has 7 heteroatoms. The second-order valence-corrected chi connectivity index (χ2v) is 6.05. The third-order valence-corrected chi connectivity index (χ3v) is 4.29. The third-order valence-electron chi connectivity index (χ3n) is 3.19. The second kappa shape index (κ2) is 5.71. The highest BCUT2D eigenvalue weighted by atomic mass is 32.1. The summed E-state index contributed by atoms with van der Waals surface area (Å²) in [6.07, 6.45) is 1.82. The van der Waals surface area contributed by atoms with Crippen LogP contribution in [0.2, 0.25) is 0 Å². The van der Waals surface area contributed by atoms with Gasteiger partial charge in [-0.1, -0.05) is 18.2 Å². The Morgan fingerprint density at radius 2 is 2.05 bits per heavy atom. The van der Waals surface area contributed by atoms with Gasteiger partial charge in [-0.3, -0.25) is 5.32 Å². The van der Waals surface area contributed by atoms with Gasteiger partial charge in [0.2, 0.25) is 0 Å². The molecule has 0 fully saturated rings. The van der Waals surface area contributed by atoms with Crippen molar-refractivity contribution in [3.8, 4) is 5.69 Å². The monoisotopic (exact) mass is 300 g/mol. The minimum atomic E-state index is -0.221. The average Bonchev–Trinajstić information content (AvgIpc) is 3.18. The quantitative estimate of drug-likeness (QED) is 0.782. The normalized spacial score (nSPS) is 11.7. The van der Waals surface area contributed by atoms with E-state index in [0.717, 1.165) is 16.5 Å². The van der Waals surface area contributed by atoms with Crippen LogP contribution in [-0.2, 0) is 12.1 Å². The molecule has 2 heterocycles. The van der Waals surface area contributed by atoms with Crippen LogP contribution < -0.4 is 5.32 Å². The van der Waals surface area contributed by atoms with Gasteiger partial charge in [0.15, 0.2) is 5.82 Å². The summed E-state index contributed by atoms with van der Waals surface area (Å²) in [4.78, 5) is 4.37. The lowest BCUT2D eigenvalue weighted by molar-refractivity contribution is 0.391. The Bertz CT molecular complexity index is 689. The van der Waals surface area contributed by atoms with Crippen molar-refractivity contribution in [1.82, 2.24) is 30.5 Å². The van der Waals surface area contributed by atoms with Crippen LogP contribution in [0.3, 0.4) is 0 Å². The average molecular weight is 300 g/mol. The van der Waals surface area contributed by atoms with Crippen molar-refractivity contribution in [2.24, 2.45) is 0 Å². The molecule has 0 aliphatic carbocycles. The van der Waals surface area contributed by atoms with E-state index in [2.05, 4.69) is 39.7 Å². The van der Waals surface area contributed by atoms with Gasteiger partial charge in [-0.05, 0) is 36.4 Å². The van der Waals surface area contributed by atoms with E-state index in [4.69, 9.17) is 0 Å². The predicted octanol–water partition coefficient (Wildman–Crippen LogP) is 2.14. The van der Waals surface area contributed by atoms with Gasteiger partial charge >= 0.3 is 0 Å². The highest BCUT2D eigenvalue weighted by Crippen LogP contribution is 2.22. The van der Waals surface area contributed by atoms with Crippen molar-refractivity contribution in [3.63, 3.8) is 0 Å². The molecule has 0 radical (unpaired) electrons. The Kier molecular flexibility index (Phi) is 3.76. The maximum atomic E-state index is 4.37. The van der Waals surface area contributed by atoms with Gasteiger partial charge in [-0.15, -0.1) is 16.4 Å². The minimum Gasteiger partial charge on any atom is -0.299 e. The molecule has 0 atom stereocenters. The van der Waals surface area contributed by atoms with Crippen LogP contribution in [0.4, 0.5) is 0 Å². The third kappa shape index (κ3) is 2.98. The van der Waals surface area contributed by atoms with Crippen LogP contribution in [0.15, 0.2) is 41.9 Å². The van der Waals surface area contributed by atoms with Crippen molar-refractivity contribution in [3.05, 3.63) is 52.7 Å². The lowest BCUT2D eigenvalue weighted by Gasteiger charge is -2.23. The van der Waals surface area contributed by atoms with Crippen LogP contribution in [0, 0.1) is 0 Å². The first-order valence-corrected chi connectivity index (χ1v) is 7.52. The van der Waals surface area contributed by atoms with Crippen LogP contribution in [0.1, 0.15) is 24.7 Å². The van der Waals surface area contributed by atoms with E-state index in [1.54, 1.807) is 16.0 Å². The number of benzene rings is 1. The van der Waals surface area contributed by atoms with Crippen molar-refractivity contribution in [2.45, 2.75) is 25.9 Å². The van der Waals surface area contributed by atoms with Gasteiger partial charge in [-0.2, -0.15) is 4.68 Å². The van der Waals surface area contributed by atoms with Gasteiger partial charge in [0.05, 0.1) is 17.8 Å². The summed E-state index contributed by atoms with van der Waals surface area (Å²) in [5, 5.41) is 18.4. The van der Waals surface area contributed by atoms with E-state index in [1.165, 1.54) is 0 Å². The van der Waals surface area contributed by atoms with E-state index < -0.39 is 0 Å². The first-order chi connectivity index (χ1) is 10.2. The summed E-state index contributed by atoms with van der Waals surface area (Å²) in [6, 6.07) is 9.86. The van der Waals surface area contributed by atoms with Crippen LogP contribution in [0.5, 0.6) is 0 Å². The molecule has 1 aromatic carbocycles. The molecule has 0 amide bonds. The fourth-order valence-corrected chi connectivity index (χ4v) is 2.73. The molecular formula is C14H16N6S. The fraction of sp³-hybridized carbons (Fsp3) is 0.286. The Morgan fingerprint density at radius 3 is 2.76 bits per heavy atom. The molecule has 2 aromatic heterocycles. The van der Waals surface area contributed by atoms with Crippen LogP contribution in [-0.4, -0.2) is 25.2 Å². The number of hydrogen-bond donors (Lipinski definition) is 1. The maximum Gasteiger partial charge on any atom is 0.170 e. The molecular weight excluding hydrogens is 284 g/mol. The molecule has 6 nitrogen and oxygen atoms in total. The number of nitrogens with one attached hydrogen (secondary N) is 1. The first kappa shape index (κ1) is 13.8. The molecule has 0 unspecified atom stereocenters. The predicted molar refractivity (Wildman–Crippen MR) is 81.1 cm³/mol. The van der Waals surface area contributed by atoms with Gasteiger partial charge in [0.1, 0.15) is 5.01 Å². The fourth-order valence-electron chi connectivity index (χ4n) is 1.99. The molecule has 0 aliphatic rings. The highest BCUT2D eigenvalue weighted by Gasteiger charge is 2.23. The molecule has 0 saturated heterocycles. The molecule has 21 heavy (non-hydrogen) atoms. The van der Waals surface area contributed by atoms with Gasteiger partial charge in [0, 0.05) is 11.6 Å². The van der Waals surface area contributed by atoms with Crippen LogP contribution >= 0.6 is 11.3 Å². The Morgan fingerprint density at radius 1 is 1.24 bits per heavy atom. The number of tetrazole rings is 1. The molecule has 0 bridgehead atoms. The summed E-state index contributed by atoms with van der Waals surface area (Å²) < 4.78 is 1.74. The van der Waals surface area contributed by atoms with Crippen molar-refractivity contribution in [2.75, 3.05) is 0 Å². The van der Waals surface area contributed by atoms with E-state index in [1.807, 2.05) is 41.9 Å². The van der Waals surface area contributed by atoms with E-state index in [0.29, 0.717) is 6.54 Å². The maximum absolute atomic E-state index is 4.37. The summed E-state index contributed by atoms with van der Waals surface area (Å²) >= 11 is 1.64. The lowest BCUT2D eigenvalue weighted by atomic mass is 10.1. The molecule has 108 valence electrons.